The van der Waals surface area contributed by atoms with Crippen LogP contribution in [0, 0.1) is 0 Å². The number of rotatable bonds is 5. The van der Waals surface area contributed by atoms with E-state index >= 15 is 0 Å². The summed E-state index contributed by atoms with van der Waals surface area (Å²) in [5, 5.41) is 12.3. The van der Waals surface area contributed by atoms with Crippen LogP contribution in [0.1, 0.15) is 50.6 Å². The molecule has 0 aliphatic carbocycles. The SMILES string of the molecule is CC(C)c1nnc(SC2CCCCNC2=O)n1Cc1ccco1. The second-order valence-corrected chi connectivity index (χ2v) is 7.22. The maximum Gasteiger partial charge on any atom is 0.233 e. The normalized spacial score (nSPS) is 18.9. The molecule has 3 rings (SSSR count). The van der Waals surface area contributed by atoms with Gasteiger partial charge in [-0.15, -0.1) is 10.2 Å². The monoisotopic (exact) mass is 334 g/mol. The van der Waals surface area contributed by atoms with E-state index in [1.54, 1.807) is 6.26 Å². The van der Waals surface area contributed by atoms with Crippen LogP contribution in [0.3, 0.4) is 0 Å². The van der Waals surface area contributed by atoms with Gasteiger partial charge in [-0.05, 0) is 25.0 Å². The maximum atomic E-state index is 12.2. The van der Waals surface area contributed by atoms with Crippen LogP contribution in [-0.2, 0) is 11.3 Å². The molecule has 1 N–H and O–H groups in total. The van der Waals surface area contributed by atoms with E-state index in [1.807, 2.05) is 12.1 Å². The lowest BCUT2D eigenvalue weighted by Gasteiger charge is -2.14. The van der Waals surface area contributed by atoms with Gasteiger partial charge in [0.15, 0.2) is 5.16 Å². The van der Waals surface area contributed by atoms with Gasteiger partial charge in [-0.1, -0.05) is 32.0 Å². The minimum Gasteiger partial charge on any atom is -0.467 e. The Hall–Kier alpha value is -1.76. The first kappa shape index (κ1) is 16.1. The zero-order valence-corrected chi connectivity index (χ0v) is 14.3. The number of thioether (sulfide) groups is 1. The van der Waals surface area contributed by atoms with E-state index in [0.29, 0.717) is 6.54 Å². The van der Waals surface area contributed by atoms with Crippen molar-refractivity contribution in [2.45, 2.75) is 56.0 Å². The molecule has 0 saturated carbocycles. The third-order valence-electron chi connectivity index (χ3n) is 3.89. The van der Waals surface area contributed by atoms with Crippen molar-refractivity contribution in [2.24, 2.45) is 0 Å². The van der Waals surface area contributed by atoms with Crippen LogP contribution in [-0.4, -0.2) is 32.5 Å². The highest BCUT2D eigenvalue weighted by atomic mass is 32.2. The summed E-state index contributed by atoms with van der Waals surface area (Å²) in [5.41, 5.74) is 0. The lowest BCUT2D eigenvalue weighted by molar-refractivity contribution is -0.120. The third-order valence-corrected chi connectivity index (χ3v) is 5.14. The van der Waals surface area contributed by atoms with E-state index in [4.69, 9.17) is 4.42 Å². The minimum absolute atomic E-state index is 0.0999. The van der Waals surface area contributed by atoms with Gasteiger partial charge in [0.05, 0.1) is 18.1 Å². The zero-order chi connectivity index (χ0) is 16.2. The van der Waals surface area contributed by atoms with Crippen LogP contribution in [0.15, 0.2) is 28.0 Å². The number of aromatic nitrogens is 3. The van der Waals surface area contributed by atoms with E-state index in [0.717, 1.165) is 42.5 Å². The van der Waals surface area contributed by atoms with Crippen LogP contribution in [0.2, 0.25) is 0 Å². The van der Waals surface area contributed by atoms with Gasteiger partial charge in [0.25, 0.3) is 0 Å². The molecule has 1 fully saturated rings. The second kappa shape index (κ2) is 7.21. The van der Waals surface area contributed by atoms with E-state index < -0.39 is 0 Å². The fourth-order valence-electron chi connectivity index (χ4n) is 2.67. The average molecular weight is 334 g/mol. The molecule has 1 unspecified atom stereocenters. The first-order valence-electron chi connectivity index (χ1n) is 8.05. The Morgan fingerprint density at radius 3 is 3.04 bits per heavy atom. The summed E-state index contributed by atoms with van der Waals surface area (Å²) in [6.07, 6.45) is 4.64. The number of carbonyl (C=O) groups is 1. The van der Waals surface area contributed by atoms with E-state index in [1.165, 1.54) is 11.8 Å². The number of hydrogen-bond acceptors (Lipinski definition) is 5. The molecule has 0 aromatic carbocycles. The van der Waals surface area contributed by atoms with Crippen LogP contribution < -0.4 is 5.32 Å². The number of hydrogen-bond donors (Lipinski definition) is 1. The summed E-state index contributed by atoms with van der Waals surface area (Å²) in [6, 6.07) is 3.82. The topological polar surface area (TPSA) is 73.0 Å². The molecule has 2 aromatic heterocycles. The van der Waals surface area contributed by atoms with Crippen molar-refractivity contribution >= 4 is 17.7 Å². The van der Waals surface area contributed by atoms with Crippen molar-refractivity contribution in [3.8, 4) is 0 Å². The van der Waals surface area contributed by atoms with Crippen molar-refractivity contribution in [1.29, 1.82) is 0 Å². The van der Waals surface area contributed by atoms with Gasteiger partial charge in [-0.25, -0.2) is 0 Å². The molecular weight excluding hydrogens is 312 g/mol. The number of amides is 1. The highest BCUT2D eigenvalue weighted by molar-refractivity contribution is 8.00. The van der Waals surface area contributed by atoms with Crippen LogP contribution in [0.5, 0.6) is 0 Å². The molecule has 124 valence electrons. The van der Waals surface area contributed by atoms with Crippen LogP contribution >= 0.6 is 11.8 Å². The molecule has 0 spiro atoms. The van der Waals surface area contributed by atoms with Crippen LogP contribution in [0.25, 0.3) is 0 Å². The number of carbonyl (C=O) groups excluding carboxylic acids is 1. The van der Waals surface area contributed by atoms with Crippen molar-refractivity contribution < 1.29 is 9.21 Å². The highest BCUT2D eigenvalue weighted by Gasteiger charge is 2.26. The molecule has 3 heterocycles. The molecule has 23 heavy (non-hydrogen) atoms. The highest BCUT2D eigenvalue weighted by Crippen LogP contribution is 2.29. The van der Waals surface area contributed by atoms with Gasteiger partial charge < -0.3 is 9.73 Å². The van der Waals surface area contributed by atoms with Gasteiger partial charge in [0, 0.05) is 12.5 Å². The molecule has 7 heteroatoms. The Morgan fingerprint density at radius 2 is 2.30 bits per heavy atom. The van der Waals surface area contributed by atoms with Gasteiger partial charge in [-0.2, -0.15) is 0 Å². The first-order chi connectivity index (χ1) is 11.1. The summed E-state index contributed by atoms with van der Waals surface area (Å²) in [5.74, 6) is 2.14. The summed E-state index contributed by atoms with van der Waals surface area (Å²) in [7, 11) is 0. The number of nitrogens with zero attached hydrogens (tertiary/aromatic N) is 3. The molecule has 1 aliphatic heterocycles. The molecule has 1 aliphatic rings. The number of furan rings is 1. The van der Waals surface area contributed by atoms with Crippen molar-refractivity contribution in [3.05, 3.63) is 30.0 Å². The van der Waals surface area contributed by atoms with Crippen LogP contribution in [0.4, 0.5) is 0 Å². The Balaban J connectivity index is 1.84. The smallest absolute Gasteiger partial charge is 0.233 e. The third kappa shape index (κ3) is 3.77. The predicted octanol–water partition coefficient (Wildman–Crippen LogP) is 2.80. The predicted molar refractivity (Wildman–Crippen MR) is 88.4 cm³/mol. The lowest BCUT2D eigenvalue weighted by Crippen LogP contribution is -2.30. The largest absolute Gasteiger partial charge is 0.467 e. The molecular formula is C16H22N4O2S. The fraction of sp³-hybridized carbons (Fsp3) is 0.562. The average Bonchev–Trinajstić information content (AvgIpc) is 3.11. The fourth-order valence-corrected chi connectivity index (χ4v) is 3.77. The summed E-state index contributed by atoms with van der Waals surface area (Å²) in [6.45, 7) is 5.54. The van der Waals surface area contributed by atoms with Crippen molar-refractivity contribution in [3.63, 3.8) is 0 Å². The van der Waals surface area contributed by atoms with Gasteiger partial charge in [0.1, 0.15) is 11.6 Å². The van der Waals surface area contributed by atoms with Gasteiger partial charge in [-0.3, -0.25) is 9.36 Å². The molecule has 1 saturated heterocycles. The lowest BCUT2D eigenvalue weighted by atomic mass is 10.2. The van der Waals surface area contributed by atoms with E-state index in [2.05, 4.69) is 33.9 Å². The zero-order valence-electron chi connectivity index (χ0n) is 13.5. The van der Waals surface area contributed by atoms with Crippen molar-refractivity contribution in [2.75, 3.05) is 6.54 Å². The summed E-state index contributed by atoms with van der Waals surface area (Å²) in [4.78, 5) is 12.2. The van der Waals surface area contributed by atoms with E-state index in [-0.39, 0.29) is 17.1 Å². The molecule has 0 bridgehead atoms. The maximum absolute atomic E-state index is 12.2. The molecule has 2 aromatic rings. The standard InChI is InChI=1S/C16H22N4O2S/c1-11(2)14-18-19-16(20(14)10-12-6-5-9-22-12)23-13-7-3-4-8-17-15(13)21/h5-6,9,11,13H,3-4,7-8,10H2,1-2H3,(H,17,21). The molecule has 0 radical (unpaired) electrons. The quantitative estimate of drug-likeness (QED) is 0.910. The summed E-state index contributed by atoms with van der Waals surface area (Å²) < 4.78 is 7.52. The Bertz CT molecular complexity index is 651. The molecule has 6 nitrogen and oxygen atoms in total. The second-order valence-electron chi connectivity index (χ2n) is 6.05. The van der Waals surface area contributed by atoms with E-state index in [9.17, 15) is 4.79 Å². The Morgan fingerprint density at radius 1 is 1.43 bits per heavy atom. The van der Waals surface area contributed by atoms with Gasteiger partial charge >= 0.3 is 0 Å². The summed E-state index contributed by atoms with van der Waals surface area (Å²) >= 11 is 1.51. The number of nitrogens with one attached hydrogen (secondary N) is 1. The first-order valence-corrected chi connectivity index (χ1v) is 8.93. The van der Waals surface area contributed by atoms with Gasteiger partial charge in [0.2, 0.25) is 5.91 Å². The molecule has 1 atom stereocenters. The Labute approximate surface area is 140 Å². The molecule has 1 amide bonds. The van der Waals surface area contributed by atoms with Crippen molar-refractivity contribution in [1.82, 2.24) is 20.1 Å². The minimum atomic E-state index is -0.0999. The Kier molecular flexibility index (Phi) is 5.05.